The van der Waals surface area contributed by atoms with Crippen molar-refractivity contribution in [3.8, 4) is 17.0 Å². The van der Waals surface area contributed by atoms with Crippen LogP contribution < -0.4 is 9.64 Å². The third-order valence-electron chi connectivity index (χ3n) is 4.85. The normalized spacial score (nSPS) is 14.0. The summed E-state index contributed by atoms with van der Waals surface area (Å²) in [5, 5.41) is 8.77. The summed E-state index contributed by atoms with van der Waals surface area (Å²) in [7, 11) is 1.65. The van der Waals surface area contributed by atoms with Crippen LogP contribution in [0.2, 0.25) is 0 Å². The van der Waals surface area contributed by atoms with E-state index in [-0.39, 0.29) is 5.91 Å². The van der Waals surface area contributed by atoms with E-state index < -0.39 is 0 Å². The number of nitrogens with zero attached hydrogens (tertiary/aromatic N) is 5. The summed E-state index contributed by atoms with van der Waals surface area (Å²) in [6, 6.07) is 15.2. The van der Waals surface area contributed by atoms with E-state index in [1.54, 1.807) is 31.6 Å². The second-order valence-corrected chi connectivity index (χ2v) is 6.49. The third-order valence-corrected chi connectivity index (χ3v) is 4.85. The van der Waals surface area contributed by atoms with Gasteiger partial charge in [-0.15, -0.1) is 10.2 Å². The fourth-order valence-corrected chi connectivity index (χ4v) is 3.31. The van der Waals surface area contributed by atoms with E-state index in [1.165, 1.54) is 0 Å². The number of hydrogen-bond donors (Lipinski definition) is 0. The smallest absolute Gasteiger partial charge is 0.254 e. The van der Waals surface area contributed by atoms with Gasteiger partial charge in [0, 0.05) is 49.7 Å². The van der Waals surface area contributed by atoms with Gasteiger partial charge in [0.25, 0.3) is 5.91 Å². The molecule has 0 bridgehead atoms. The minimum Gasteiger partial charge on any atom is -0.496 e. The second-order valence-electron chi connectivity index (χ2n) is 6.49. The van der Waals surface area contributed by atoms with E-state index >= 15 is 0 Å². The summed E-state index contributed by atoms with van der Waals surface area (Å²) in [4.78, 5) is 20.5. The minimum absolute atomic E-state index is 0.0413. The van der Waals surface area contributed by atoms with Gasteiger partial charge in [0.1, 0.15) is 5.75 Å². The van der Waals surface area contributed by atoms with Gasteiger partial charge in [-0.3, -0.25) is 9.78 Å². The lowest BCUT2D eigenvalue weighted by Crippen LogP contribution is -2.49. The Morgan fingerprint density at radius 2 is 1.68 bits per heavy atom. The molecule has 0 aliphatic carbocycles. The number of hydrogen-bond acceptors (Lipinski definition) is 6. The summed E-state index contributed by atoms with van der Waals surface area (Å²) in [6.07, 6.45) is 3.28. The number of pyridine rings is 1. The lowest BCUT2D eigenvalue weighted by atomic mass is 10.1. The van der Waals surface area contributed by atoms with Gasteiger partial charge >= 0.3 is 0 Å². The summed E-state index contributed by atoms with van der Waals surface area (Å²) < 4.78 is 5.40. The van der Waals surface area contributed by atoms with Crippen molar-refractivity contribution in [3.63, 3.8) is 0 Å². The number of anilines is 1. The van der Waals surface area contributed by atoms with Crippen LogP contribution in [0.3, 0.4) is 0 Å². The number of ether oxygens (including phenoxy) is 1. The summed E-state index contributed by atoms with van der Waals surface area (Å²) >= 11 is 0. The topological polar surface area (TPSA) is 71.5 Å². The first-order valence-electron chi connectivity index (χ1n) is 9.17. The first kappa shape index (κ1) is 17.9. The Kier molecular flexibility index (Phi) is 5.14. The van der Waals surface area contributed by atoms with Gasteiger partial charge in [0.05, 0.1) is 12.8 Å². The van der Waals surface area contributed by atoms with Crippen molar-refractivity contribution in [1.82, 2.24) is 20.1 Å². The highest BCUT2D eigenvalue weighted by molar-refractivity contribution is 5.94. The van der Waals surface area contributed by atoms with Crippen molar-refractivity contribution in [3.05, 3.63) is 66.5 Å². The highest BCUT2D eigenvalue weighted by Crippen LogP contribution is 2.28. The van der Waals surface area contributed by atoms with E-state index in [1.807, 2.05) is 41.3 Å². The predicted molar refractivity (Wildman–Crippen MR) is 106 cm³/mol. The van der Waals surface area contributed by atoms with Crippen LogP contribution in [0.25, 0.3) is 11.3 Å². The lowest BCUT2D eigenvalue weighted by Gasteiger charge is -2.35. The Morgan fingerprint density at radius 3 is 2.36 bits per heavy atom. The molecule has 1 saturated heterocycles. The molecule has 1 aromatic carbocycles. The summed E-state index contributed by atoms with van der Waals surface area (Å²) in [5.41, 5.74) is 2.36. The fraction of sp³-hybridized carbons (Fsp3) is 0.238. The summed E-state index contributed by atoms with van der Waals surface area (Å²) in [5.74, 6) is 1.63. The number of aromatic nitrogens is 3. The van der Waals surface area contributed by atoms with Gasteiger partial charge in [-0.2, -0.15) is 0 Å². The molecule has 0 unspecified atom stereocenters. The van der Waals surface area contributed by atoms with Crippen LogP contribution in [0, 0.1) is 0 Å². The van der Waals surface area contributed by atoms with E-state index in [2.05, 4.69) is 20.1 Å². The molecule has 0 N–H and O–H groups in total. The molecule has 0 spiro atoms. The zero-order valence-corrected chi connectivity index (χ0v) is 15.7. The maximum absolute atomic E-state index is 12.5. The highest BCUT2D eigenvalue weighted by Gasteiger charge is 2.23. The van der Waals surface area contributed by atoms with Crippen LogP contribution in [-0.2, 0) is 0 Å². The molecule has 7 heteroatoms. The Balaban J connectivity index is 1.42. The minimum atomic E-state index is 0.0413. The van der Waals surface area contributed by atoms with Crippen molar-refractivity contribution in [1.29, 1.82) is 0 Å². The van der Waals surface area contributed by atoms with Crippen molar-refractivity contribution < 1.29 is 9.53 Å². The largest absolute Gasteiger partial charge is 0.496 e. The van der Waals surface area contributed by atoms with Crippen molar-refractivity contribution in [2.75, 3.05) is 38.2 Å². The SMILES string of the molecule is COc1ccccc1-c1ccc(N2CCN(C(=O)c3ccncc3)CC2)nn1. The van der Waals surface area contributed by atoms with Gasteiger partial charge in [-0.1, -0.05) is 12.1 Å². The molecule has 7 nitrogen and oxygen atoms in total. The van der Waals surface area contributed by atoms with Crippen molar-refractivity contribution >= 4 is 11.7 Å². The second kappa shape index (κ2) is 8.04. The number of methoxy groups -OCH3 is 1. The molecule has 0 atom stereocenters. The zero-order valence-electron chi connectivity index (χ0n) is 15.7. The molecule has 2 aromatic heterocycles. The first-order valence-corrected chi connectivity index (χ1v) is 9.17. The van der Waals surface area contributed by atoms with E-state index in [9.17, 15) is 4.79 Å². The maximum atomic E-state index is 12.5. The predicted octanol–water partition coefficient (Wildman–Crippen LogP) is 2.51. The molecule has 1 fully saturated rings. The van der Waals surface area contributed by atoms with E-state index in [0.29, 0.717) is 18.7 Å². The first-order chi connectivity index (χ1) is 13.8. The Hall–Kier alpha value is -3.48. The number of benzene rings is 1. The molecule has 3 aromatic rings. The average Bonchev–Trinajstić information content (AvgIpc) is 2.79. The number of piperazine rings is 1. The van der Waals surface area contributed by atoms with Gasteiger partial charge in [-0.05, 0) is 36.4 Å². The Labute approximate surface area is 163 Å². The number of rotatable bonds is 4. The number of carbonyl (C=O) groups excluding carboxylic acids is 1. The fourth-order valence-electron chi connectivity index (χ4n) is 3.31. The molecular formula is C21H21N5O2. The molecule has 0 radical (unpaired) electrons. The molecular weight excluding hydrogens is 354 g/mol. The van der Waals surface area contributed by atoms with Crippen LogP contribution in [-0.4, -0.2) is 59.3 Å². The van der Waals surface area contributed by atoms with Gasteiger partial charge < -0.3 is 14.5 Å². The molecule has 0 saturated carbocycles. The number of amides is 1. The van der Waals surface area contributed by atoms with Gasteiger partial charge in [0.15, 0.2) is 5.82 Å². The highest BCUT2D eigenvalue weighted by atomic mass is 16.5. The van der Waals surface area contributed by atoms with Crippen molar-refractivity contribution in [2.24, 2.45) is 0 Å². The maximum Gasteiger partial charge on any atom is 0.254 e. The standard InChI is InChI=1S/C21H21N5O2/c1-28-19-5-3-2-4-17(19)18-6-7-20(24-23-18)25-12-14-26(15-13-25)21(27)16-8-10-22-11-9-16/h2-11H,12-15H2,1H3. The summed E-state index contributed by atoms with van der Waals surface area (Å²) in [6.45, 7) is 2.74. The lowest BCUT2D eigenvalue weighted by molar-refractivity contribution is 0.0746. The van der Waals surface area contributed by atoms with Crippen LogP contribution in [0.5, 0.6) is 5.75 Å². The molecule has 3 heterocycles. The average molecular weight is 375 g/mol. The van der Waals surface area contributed by atoms with Crippen molar-refractivity contribution in [2.45, 2.75) is 0 Å². The van der Waals surface area contributed by atoms with Gasteiger partial charge in [-0.25, -0.2) is 0 Å². The monoisotopic (exact) mass is 375 g/mol. The molecule has 142 valence electrons. The van der Waals surface area contributed by atoms with Crippen LogP contribution in [0.15, 0.2) is 60.9 Å². The van der Waals surface area contributed by atoms with Crippen LogP contribution in [0.4, 0.5) is 5.82 Å². The van der Waals surface area contributed by atoms with E-state index in [0.717, 1.165) is 35.9 Å². The Morgan fingerprint density at radius 1 is 0.929 bits per heavy atom. The number of para-hydroxylation sites is 1. The quantitative estimate of drug-likeness (QED) is 0.698. The van der Waals surface area contributed by atoms with Crippen LogP contribution >= 0.6 is 0 Å². The zero-order chi connectivity index (χ0) is 19.3. The molecule has 1 aliphatic rings. The third kappa shape index (κ3) is 3.64. The Bertz CT molecular complexity index is 939. The van der Waals surface area contributed by atoms with E-state index in [4.69, 9.17) is 4.74 Å². The molecule has 28 heavy (non-hydrogen) atoms. The van der Waals surface area contributed by atoms with Crippen LogP contribution in [0.1, 0.15) is 10.4 Å². The van der Waals surface area contributed by atoms with Gasteiger partial charge in [0.2, 0.25) is 0 Å². The molecule has 4 rings (SSSR count). The molecule has 1 amide bonds. The number of carbonyl (C=O) groups is 1. The molecule has 1 aliphatic heterocycles.